The number of para-hydroxylation sites is 1. The standard InChI is InChI=1S/C15H14N2O3/c18-15(19)11-9-16-7-5-12(11)17-13-6-8-20-14-4-2-1-3-10(13)14/h1-5,7,9,13H,6,8H2,(H,16,17)(H,18,19). The molecule has 2 N–H and O–H groups in total. The Morgan fingerprint density at radius 2 is 2.20 bits per heavy atom. The van der Waals surface area contributed by atoms with Gasteiger partial charge in [0.2, 0.25) is 0 Å². The smallest absolute Gasteiger partial charge is 0.339 e. The molecule has 3 rings (SSSR count). The van der Waals surface area contributed by atoms with Crippen molar-refractivity contribution in [1.82, 2.24) is 4.98 Å². The third-order valence-corrected chi connectivity index (χ3v) is 3.34. The van der Waals surface area contributed by atoms with Crippen LogP contribution in [0.15, 0.2) is 42.7 Å². The molecule has 0 saturated heterocycles. The van der Waals surface area contributed by atoms with E-state index in [1.165, 1.54) is 6.20 Å². The van der Waals surface area contributed by atoms with E-state index in [0.717, 1.165) is 17.7 Å². The summed E-state index contributed by atoms with van der Waals surface area (Å²) in [5.74, 6) is -0.136. The van der Waals surface area contributed by atoms with Crippen LogP contribution < -0.4 is 10.1 Å². The van der Waals surface area contributed by atoms with Crippen LogP contribution in [0.3, 0.4) is 0 Å². The van der Waals surface area contributed by atoms with E-state index in [0.29, 0.717) is 12.3 Å². The molecule has 1 aromatic heterocycles. The summed E-state index contributed by atoms with van der Waals surface area (Å²) in [7, 11) is 0. The average molecular weight is 270 g/mol. The summed E-state index contributed by atoms with van der Waals surface area (Å²) < 4.78 is 5.60. The number of carboxylic acids is 1. The first kappa shape index (κ1) is 12.5. The van der Waals surface area contributed by atoms with E-state index in [-0.39, 0.29) is 11.6 Å². The normalized spacial score (nSPS) is 16.9. The van der Waals surface area contributed by atoms with Crippen LogP contribution in [0.2, 0.25) is 0 Å². The number of pyridine rings is 1. The van der Waals surface area contributed by atoms with Crippen LogP contribution in [0.4, 0.5) is 5.69 Å². The second-order valence-electron chi connectivity index (χ2n) is 4.60. The van der Waals surface area contributed by atoms with Crippen LogP contribution in [0.1, 0.15) is 28.4 Å². The average Bonchev–Trinajstić information content (AvgIpc) is 2.48. The molecule has 1 aromatic carbocycles. The molecule has 0 saturated carbocycles. The molecule has 102 valence electrons. The number of fused-ring (bicyclic) bond motifs is 1. The molecule has 0 bridgehead atoms. The third kappa shape index (κ3) is 2.30. The monoisotopic (exact) mass is 270 g/mol. The van der Waals surface area contributed by atoms with Crippen molar-refractivity contribution < 1.29 is 14.6 Å². The van der Waals surface area contributed by atoms with Gasteiger partial charge in [0.25, 0.3) is 0 Å². The quantitative estimate of drug-likeness (QED) is 0.897. The highest BCUT2D eigenvalue weighted by molar-refractivity contribution is 5.93. The van der Waals surface area contributed by atoms with Gasteiger partial charge in [0.15, 0.2) is 0 Å². The number of ether oxygens (including phenoxy) is 1. The predicted octanol–water partition coefficient (Wildman–Crippen LogP) is 2.72. The fourth-order valence-electron chi connectivity index (χ4n) is 2.37. The molecule has 0 spiro atoms. The van der Waals surface area contributed by atoms with Crippen LogP contribution in [0.5, 0.6) is 5.75 Å². The number of carbonyl (C=O) groups is 1. The highest BCUT2D eigenvalue weighted by Crippen LogP contribution is 2.34. The van der Waals surface area contributed by atoms with Crippen molar-refractivity contribution in [3.05, 3.63) is 53.9 Å². The zero-order valence-corrected chi connectivity index (χ0v) is 10.7. The van der Waals surface area contributed by atoms with Gasteiger partial charge in [0.05, 0.1) is 18.3 Å². The van der Waals surface area contributed by atoms with Gasteiger partial charge in [-0.1, -0.05) is 18.2 Å². The molecule has 0 aliphatic carbocycles. The number of aromatic nitrogens is 1. The van der Waals surface area contributed by atoms with Crippen LogP contribution >= 0.6 is 0 Å². The molecule has 1 aliphatic heterocycles. The summed E-state index contributed by atoms with van der Waals surface area (Å²) in [4.78, 5) is 15.1. The molecular weight excluding hydrogens is 256 g/mol. The number of rotatable bonds is 3. The summed E-state index contributed by atoms with van der Waals surface area (Å²) >= 11 is 0. The van der Waals surface area contributed by atoms with Crippen molar-refractivity contribution in [2.24, 2.45) is 0 Å². The molecule has 2 heterocycles. The number of hydrogen-bond acceptors (Lipinski definition) is 4. The van der Waals surface area contributed by atoms with Gasteiger partial charge in [0, 0.05) is 24.4 Å². The second-order valence-corrected chi connectivity index (χ2v) is 4.60. The van der Waals surface area contributed by atoms with Gasteiger partial charge in [-0.25, -0.2) is 4.79 Å². The van der Waals surface area contributed by atoms with E-state index >= 15 is 0 Å². The minimum atomic E-state index is -0.985. The molecule has 1 aliphatic rings. The minimum absolute atomic E-state index is 0.0421. The maximum Gasteiger partial charge on any atom is 0.339 e. The van der Waals surface area contributed by atoms with Crippen LogP contribution in [-0.4, -0.2) is 22.7 Å². The zero-order chi connectivity index (χ0) is 13.9. The van der Waals surface area contributed by atoms with E-state index in [4.69, 9.17) is 4.74 Å². The minimum Gasteiger partial charge on any atom is -0.493 e. The number of nitrogens with one attached hydrogen (secondary N) is 1. The first-order chi connectivity index (χ1) is 9.75. The summed E-state index contributed by atoms with van der Waals surface area (Å²) in [5.41, 5.74) is 1.80. The van der Waals surface area contributed by atoms with Crippen LogP contribution in [-0.2, 0) is 0 Å². The Kier molecular flexibility index (Phi) is 3.25. The van der Waals surface area contributed by atoms with Gasteiger partial charge in [-0.3, -0.25) is 4.98 Å². The van der Waals surface area contributed by atoms with Crippen LogP contribution in [0.25, 0.3) is 0 Å². The van der Waals surface area contributed by atoms with Gasteiger partial charge >= 0.3 is 5.97 Å². The number of hydrogen-bond donors (Lipinski definition) is 2. The Balaban J connectivity index is 1.92. The number of carboxylic acid groups (broad SMARTS) is 1. The number of nitrogens with zero attached hydrogens (tertiary/aromatic N) is 1. The van der Waals surface area contributed by atoms with Gasteiger partial charge in [-0.2, -0.15) is 0 Å². The molecule has 0 fully saturated rings. The number of anilines is 1. The third-order valence-electron chi connectivity index (χ3n) is 3.34. The highest BCUT2D eigenvalue weighted by Gasteiger charge is 2.22. The predicted molar refractivity (Wildman–Crippen MR) is 74.1 cm³/mol. The maximum atomic E-state index is 11.2. The van der Waals surface area contributed by atoms with Crippen molar-refractivity contribution in [3.8, 4) is 5.75 Å². The van der Waals surface area contributed by atoms with E-state index in [1.54, 1.807) is 12.3 Å². The lowest BCUT2D eigenvalue weighted by Gasteiger charge is -2.27. The summed E-state index contributed by atoms with van der Waals surface area (Å²) in [5, 5.41) is 12.5. The Labute approximate surface area is 116 Å². The van der Waals surface area contributed by atoms with Gasteiger partial charge < -0.3 is 15.2 Å². The van der Waals surface area contributed by atoms with Crippen molar-refractivity contribution in [2.75, 3.05) is 11.9 Å². The van der Waals surface area contributed by atoms with Gasteiger partial charge in [-0.15, -0.1) is 0 Å². The summed E-state index contributed by atoms with van der Waals surface area (Å²) in [6, 6.07) is 9.52. The summed E-state index contributed by atoms with van der Waals surface area (Å²) in [6.07, 6.45) is 3.73. The second kappa shape index (κ2) is 5.21. The Morgan fingerprint density at radius 1 is 1.35 bits per heavy atom. The van der Waals surface area contributed by atoms with Crippen molar-refractivity contribution in [1.29, 1.82) is 0 Å². The van der Waals surface area contributed by atoms with Crippen molar-refractivity contribution in [2.45, 2.75) is 12.5 Å². The van der Waals surface area contributed by atoms with Crippen molar-refractivity contribution in [3.63, 3.8) is 0 Å². The molecule has 1 unspecified atom stereocenters. The number of aromatic carboxylic acids is 1. The van der Waals surface area contributed by atoms with E-state index in [9.17, 15) is 9.90 Å². The molecule has 5 heteroatoms. The molecule has 1 atom stereocenters. The largest absolute Gasteiger partial charge is 0.493 e. The Bertz CT molecular complexity index is 643. The van der Waals surface area contributed by atoms with E-state index < -0.39 is 5.97 Å². The number of benzene rings is 1. The fraction of sp³-hybridized carbons (Fsp3) is 0.200. The lowest BCUT2D eigenvalue weighted by atomic mass is 10.00. The first-order valence-electron chi connectivity index (χ1n) is 6.41. The lowest BCUT2D eigenvalue weighted by Crippen LogP contribution is -2.21. The fourth-order valence-corrected chi connectivity index (χ4v) is 2.37. The topological polar surface area (TPSA) is 71.5 Å². The van der Waals surface area contributed by atoms with Gasteiger partial charge in [0.1, 0.15) is 11.3 Å². The van der Waals surface area contributed by atoms with E-state index in [2.05, 4.69) is 10.3 Å². The van der Waals surface area contributed by atoms with Crippen LogP contribution in [0, 0.1) is 0 Å². The van der Waals surface area contributed by atoms with Gasteiger partial charge in [-0.05, 0) is 12.1 Å². The first-order valence-corrected chi connectivity index (χ1v) is 6.41. The zero-order valence-electron chi connectivity index (χ0n) is 10.7. The lowest BCUT2D eigenvalue weighted by molar-refractivity contribution is 0.0697. The highest BCUT2D eigenvalue weighted by atomic mass is 16.5. The molecule has 5 nitrogen and oxygen atoms in total. The maximum absolute atomic E-state index is 11.2. The Morgan fingerprint density at radius 3 is 3.05 bits per heavy atom. The molecule has 0 radical (unpaired) electrons. The van der Waals surface area contributed by atoms with Crippen molar-refractivity contribution >= 4 is 11.7 Å². The SMILES string of the molecule is O=C(O)c1cnccc1NC1CCOc2ccccc21. The molecule has 20 heavy (non-hydrogen) atoms. The molecule has 0 amide bonds. The molecule has 2 aromatic rings. The summed E-state index contributed by atoms with van der Waals surface area (Å²) in [6.45, 7) is 0.613. The van der Waals surface area contributed by atoms with E-state index in [1.807, 2.05) is 24.3 Å². The Hall–Kier alpha value is -2.56. The molecular formula is C15H14N2O3.